The minimum atomic E-state index is -2.52. The lowest BCUT2D eigenvalue weighted by atomic mass is 9.78. The number of hydrogen-bond donors (Lipinski definition) is 1. The van der Waals surface area contributed by atoms with Crippen LogP contribution >= 0.6 is 0 Å². The number of alkyl halides is 2. The maximum atomic E-state index is 12.9. The van der Waals surface area contributed by atoms with E-state index < -0.39 is 13.0 Å². The molecule has 2 aromatic heterocycles. The third kappa shape index (κ3) is 2.43. The van der Waals surface area contributed by atoms with Crippen molar-refractivity contribution in [3.05, 3.63) is 12.4 Å². The molecular weight excluding hydrogens is 318 g/mol. The third-order valence-electron chi connectivity index (χ3n) is 4.99. The number of fused-ring (bicyclic) bond motifs is 1. The summed E-state index contributed by atoms with van der Waals surface area (Å²) in [5.41, 5.74) is 0.417. The lowest BCUT2D eigenvalue weighted by molar-refractivity contribution is -0.126. The lowest BCUT2D eigenvalue weighted by Crippen LogP contribution is -2.42. The van der Waals surface area contributed by atoms with E-state index in [-0.39, 0.29) is 17.0 Å². The summed E-state index contributed by atoms with van der Waals surface area (Å²) >= 11 is 0. The monoisotopic (exact) mass is 336 g/mol. The van der Waals surface area contributed by atoms with Crippen LogP contribution in [-0.2, 0) is 11.3 Å². The van der Waals surface area contributed by atoms with Gasteiger partial charge in [0.2, 0.25) is 5.91 Å². The molecule has 0 unspecified atom stereocenters. The number of amides is 1. The molecule has 2 aliphatic rings. The summed E-state index contributed by atoms with van der Waals surface area (Å²) in [5.74, 6) is 0.483. The molecule has 0 aliphatic carbocycles. The first kappa shape index (κ1) is 15.4. The number of carbonyl (C=O) groups is 1. The van der Waals surface area contributed by atoms with E-state index in [9.17, 15) is 13.6 Å². The van der Waals surface area contributed by atoms with Gasteiger partial charge >= 0.3 is 0 Å². The second-order valence-corrected chi connectivity index (χ2v) is 6.39. The molecule has 9 heteroatoms. The Morgan fingerprint density at radius 1 is 1.25 bits per heavy atom. The first-order chi connectivity index (χ1) is 11.6. The Morgan fingerprint density at radius 2 is 2.04 bits per heavy atom. The highest BCUT2D eigenvalue weighted by atomic mass is 19.3. The smallest absolute Gasteiger partial charge is 0.258 e. The molecule has 0 radical (unpaired) electrons. The van der Waals surface area contributed by atoms with E-state index in [2.05, 4.69) is 20.4 Å². The Bertz CT molecular complexity index is 770. The average molecular weight is 336 g/mol. The van der Waals surface area contributed by atoms with Crippen LogP contribution in [0, 0.1) is 5.41 Å². The molecule has 4 heterocycles. The molecule has 1 N–H and O–H groups in total. The van der Waals surface area contributed by atoms with Crippen LogP contribution in [0.1, 0.15) is 19.3 Å². The van der Waals surface area contributed by atoms with E-state index in [0.29, 0.717) is 17.9 Å². The summed E-state index contributed by atoms with van der Waals surface area (Å²) < 4.78 is 26.4. The van der Waals surface area contributed by atoms with E-state index in [4.69, 9.17) is 0 Å². The van der Waals surface area contributed by atoms with E-state index >= 15 is 0 Å². The predicted octanol–water partition coefficient (Wildman–Crippen LogP) is 1.20. The van der Waals surface area contributed by atoms with Crippen molar-refractivity contribution in [2.24, 2.45) is 5.41 Å². The SMILES string of the molecule is O=C1N(c2cnc3cnn(CC(F)F)c3n2)CCC12CCNCC2. The number of rotatable bonds is 3. The van der Waals surface area contributed by atoms with Crippen LogP contribution in [0.4, 0.5) is 14.6 Å². The summed E-state index contributed by atoms with van der Waals surface area (Å²) in [5, 5.41) is 7.18. The molecule has 128 valence electrons. The zero-order valence-electron chi connectivity index (χ0n) is 13.1. The largest absolute Gasteiger partial charge is 0.317 e. The zero-order chi connectivity index (χ0) is 16.7. The van der Waals surface area contributed by atoms with Gasteiger partial charge in [-0.2, -0.15) is 5.10 Å². The normalized spacial score (nSPS) is 20.6. The minimum absolute atomic E-state index is 0.0672. The molecule has 0 atom stereocenters. The maximum absolute atomic E-state index is 12.9. The molecule has 24 heavy (non-hydrogen) atoms. The van der Waals surface area contributed by atoms with Gasteiger partial charge in [0.1, 0.15) is 12.1 Å². The number of piperidine rings is 1. The molecule has 1 spiro atoms. The Balaban J connectivity index is 1.65. The van der Waals surface area contributed by atoms with Crippen LogP contribution in [0.2, 0.25) is 0 Å². The number of nitrogens with one attached hydrogen (secondary N) is 1. The average Bonchev–Trinajstić information content (AvgIpc) is 3.10. The highest BCUT2D eigenvalue weighted by molar-refractivity contribution is 5.99. The zero-order valence-corrected chi connectivity index (χ0v) is 13.1. The van der Waals surface area contributed by atoms with Crippen molar-refractivity contribution in [1.29, 1.82) is 0 Å². The van der Waals surface area contributed by atoms with Crippen LogP contribution in [0.25, 0.3) is 11.2 Å². The highest BCUT2D eigenvalue weighted by Gasteiger charge is 2.47. The summed E-state index contributed by atoms with van der Waals surface area (Å²) in [7, 11) is 0. The molecule has 2 saturated heterocycles. The third-order valence-corrected chi connectivity index (χ3v) is 4.99. The van der Waals surface area contributed by atoms with E-state index in [1.165, 1.54) is 12.4 Å². The summed E-state index contributed by atoms with van der Waals surface area (Å²) in [6.07, 6.45) is 2.85. The summed E-state index contributed by atoms with van der Waals surface area (Å²) in [6, 6.07) is 0. The first-order valence-corrected chi connectivity index (χ1v) is 8.08. The van der Waals surface area contributed by atoms with E-state index in [1.807, 2.05) is 0 Å². The fourth-order valence-electron chi connectivity index (χ4n) is 3.64. The number of hydrogen-bond acceptors (Lipinski definition) is 5. The van der Waals surface area contributed by atoms with E-state index in [0.717, 1.165) is 37.0 Å². The van der Waals surface area contributed by atoms with Gasteiger partial charge in [-0.1, -0.05) is 0 Å². The van der Waals surface area contributed by atoms with Crippen LogP contribution in [0.15, 0.2) is 12.4 Å². The maximum Gasteiger partial charge on any atom is 0.258 e. The van der Waals surface area contributed by atoms with Crippen molar-refractivity contribution >= 4 is 22.9 Å². The minimum Gasteiger partial charge on any atom is -0.317 e. The lowest BCUT2D eigenvalue weighted by Gasteiger charge is -2.31. The predicted molar refractivity (Wildman–Crippen MR) is 82.8 cm³/mol. The van der Waals surface area contributed by atoms with Gasteiger partial charge in [0.05, 0.1) is 17.8 Å². The fraction of sp³-hybridized carbons (Fsp3) is 0.600. The van der Waals surface area contributed by atoms with Gasteiger partial charge in [0, 0.05) is 6.54 Å². The topological polar surface area (TPSA) is 75.9 Å². The molecule has 4 rings (SSSR count). The first-order valence-electron chi connectivity index (χ1n) is 8.08. The number of nitrogens with zero attached hydrogens (tertiary/aromatic N) is 5. The van der Waals surface area contributed by atoms with Gasteiger partial charge in [-0.3, -0.25) is 9.69 Å². The summed E-state index contributed by atoms with van der Waals surface area (Å²) in [4.78, 5) is 23.2. The van der Waals surface area contributed by atoms with Gasteiger partial charge in [-0.05, 0) is 32.4 Å². The summed E-state index contributed by atoms with van der Waals surface area (Å²) in [6.45, 7) is 1.73. The Kier molecular flexibility index (Phi) is 3.67. The van der Waals surface area contributed by atoms with Crippen molar-refractivity contribution < 1.29 is 13.6 Å². The molecular formula is C15H18F2N6O. The second kappa shape index (κ2) is 5.73. The number of halogens is 2. The van der Waals surface area contributed by atoms with Crippen LogP contribution < -0.4 is 10.2 Å². The van der Waals surface area contributed by atoms with Gasteiger partial charge in [0.15, 0.2) is 11.5 Å². The van der Waals surface area contributed by atoms with Crippen LogP contribution in [0.5, 0.6) is 0 Å². The van der Waals surface area contributed by atoms with Crippen LogP contribution in [0.3, 0.4) is 0 Å². The van der Waals surface area contributed by atoms with Crippen molar-refractivity contribution in [2.75, 3.05) is 24.5 Å². The Hall–Kier alpha value is -2.16. The highest BCUT2D eigenvalue weighted by Crippen LogP contribution is 2.41. The van der Waals surface area contributed by atoms with Gasteiger partial charge in [0.25, 0.3) is 6.43 Å². The Labute approximate surface area is 137 Å². The standard InChI is InChI=1S/C15H18F2N6O/c16-11(17)9-23-13-10(7-20-23)19-8-12(21-13)22-6-3-15(14(22)24)1-4-18-5-2-15/h7-8,11,18H,1-6,9H2. The van der Waals surface area contributed by atoms with Gasteiger partial charge in [-0.15, -0.1) is 0 Å². The molecule has 2 fully saturated rings. The molecule has 2 aliphatic heterocycles. The molecule has 0 aromatic carbocycles. The molecule has 0 saturated carbocycles. The van der Waals surface area contributed by atoms with Gasteiger partial charge < -0.3 is 5.32 Å². The quantitative estimate of drug-likeness (QED) is 0.911. The Morgan fingerprint density at radius 3 is 2.79 bits per heavy atom. The number of aromatic nitrogens is 4. The fourth-order valence-corrected chi connectivity index (χ4v) is 3.64. The van der Waals surface area contributed by atoms with Crippen molar-refractivity contribution in [1.82, 2.24) is 25.1 Å². The van der Waals surface area contributed by atoms with Crippen LogP contribution in [-0.4, -0.2) is 51.7 Å². The van der Waals surface area contributed by atoms with Crippen molar-refractivity contribution in [3.8, 4) is 0 Å². The molecule has 0 bridgehead atoms. The molecule has 7 nitrogen and oxygen atoms in total. The van der Waals surface area contributed by atoms with Crippen molar-refractivity contribution in [3.63, 3.8) is 0 Å². The van der Waals surface area contributed by atoms with Gasteiger partial charge in [-0.25, -0.2) is 23.4 Å². The number of anilines is 1. The number of carbonyl (C=O) groups excluding carboxylic acids is 1. The molecule has 1 amide bonds. The molecule has 2 aromatic rings. The second-order valence-electron chi connectivity index (χ2n) is 6.39. The van der Waals surface area contributed by atoms with E-state index in [1.54, 1.807) is 4.90 Å². The van der Waals surface area contributed by atoms with Crippen molar-refractivity contribution in [2.45, 2.75) is 32.2 Å².